The van der Waals surface area contributed by atoms with Crippen molar-refractivity contribution in [2.24, 2.45) is 11.8 Å². The summed E-state index contributed by atoms with van der Waals surface area (Å²) in [5.41, 5.74) is 1.80. The lowest BCUT2D eigenvalue weighted by Gasteiger charge is -2.29. The molecule has 2 heteroatoms. The highest BCUT2D eigenvalue weighted by Crippen LogP contribution is 2.30. The van der Waals surface area contributed by atoms with E-state index >= 15 is 0 Å². The Kier molecular flexibility index (Phi) is 7.09. The van der Waals surface area contributed by atoms with Crippen LogP contribution < -0.4 is 5.32 Å². The highest BCUT2D eigenvalue weighted by molar-refractivity contribution is 5.12. The number of hydrogen-bond donors (Lipinski definition) is 1. The Hall–Kier alpha value is -0.340. The number of ether oxygens (including phenoxy) is 1. The third-order valence-electron chi connectivity index (χ3n) is 3.88. The smallest absolute Gasteiger partial charge is 0.0522 e. The molecule has 1 fully saturated rings. The molecular formula is C17H33NO. The van der Waals surface area contributed by atoms with Crippen molar-refractivity contribution in [3.63, 3.8) is 0 Å². The van der Waals surface area contributed by atoms with Gasteiger partial charge in [-0.05, 0) is 45.4 Å². The first-order valence-corrected chi connectivity index (χ1v) is 7.87. The van der Waals surface area contributed by atoms with Crippen LogP contribution in [0.3, 0.4) is 0 Å². The predicted molar refractivity (Wildman–Crippen MR) is 83.5 cm³/mol. The Labute approximate surface area is 120 Å². The molecule has 1 atom stereocenters. The maximum Gasteiger partial charge on any atom is 0.0522 e. The summed E-state index contributed by atoms with van der Waals surface area (Å²) in [6.45, 7) is 10.8. The molecule has 0 heterocycles. The van der Waals surface area contributed by atoms with Crippen molar-refractivity contribution in [3.05, 3.63) is 11.6 Å². The molecule has 0 spiro atoms. The molecular weight excluding hydrogens is 234 g/mol. The van der Waals surface area contributed by atoms with Crippen molar-refractivity contribution in [2.45, 2.75) is 65.3 Å². The van der Waals surface area contributed by atoms with Gasteiger partial charge in [-0.3, -0.25) is 0 Å². The maximum atomic E-state index is 5.27. The molecule has 0 amide bonds. The molecule has 1 aliphatic rings. The fraction of sp³-hybridized carbons (Fsp3) is 0.882. The van der Waals surface area contributed by atoms with Crippen LogP contribution in [-0.2, 0) is 4.74 Å². The topological polar surface area (TPSA) is 21.3 Å². The van der Waals surface area contributed by atoms with E-state index in [0.29, 0.717) is 5.92 Å². The van der Waals surface area contributed by atoms with Crippen LogP contribution >= 0.6 is 0 Å². The average Bonchev–Trinajstić information content (AvgIpc) is 2.35. The van der Waals surface area contributed by atoms with E-state index in [1.54, 1.807) is 12.7 Å². The summed E-state index contributed by atoms with van der Waals surface area (Å²) in [5, 5.41) is 3.66. The summed E-state index contributed by atoms with van der Waals surface area (Å²) in [7, 11) is 1.79. The zero-order valence-corrected chi connectivity index (χ0v) is 13.6. The summed E-state index contributed by atoms with van der Waals surface area (Å²) in [5.74, 6) is 1.31. The third kappa shape index (κ3) is 7.12. The van der Waals surface area contributed by atoms with Crippen LogP contribution in [-0.4, -0.2) is 25.8 Å². The molecule has 0 aromatic carbocycles. The van der Waals surface area contributed by atoms with Crippen LogP contribution in [0.2, 0.25) is 0 Å². The molecule has 0 radical (unpaired) electrons. The molecule has 0 aromatic rings. The molecule has 112 valence electrons. The minimum absolute atomic E-state index is 0.193. The zero-order chi connectivity index (χ0) is 14.3. The molecule has 1 N–H and O–H groups in total. The van der Waals surface area contributed by atoms with Crippen LogP contribution in [0.5, 0.6) is 0 Å². The lowest BCUT2D eigenvalue weighted by molar-refractivity contribution is 0.175. The molecule has 2 nitrogen and oxygen atoms in total. The van der Waals surface area contributed by atoms with Gasteiger partial charge >= 0.3 is 0 Å². The number of methoxy groups -OCH3 is 1. The molecule has 0 aliphatic heterocycles. The van der Waals surface area contributed by atoms with E-state index in [9.17, 15) is 0 Å². The minimum atomic E-state index is 0.193. The highest BCUT2D eigenvalue weighted by Gasteiger charge is 2.20. The molecule has 1 unspecified atom stereocenters. The lowest BCUT2D eigenvalue weighted by Crippen LogP contribution is -2.38. The van der Waals surface area contributed by atoms with Gasteiger partial charge in [0.25, 0.3) is 0 Å². The van der Waals surface area contributed by atoms with E-state index in [1.807, 2.05) is 0 Å². The van der Waals surface area contributed by atoms with E-state index in [0.717, 1.165) is 19.1 Å². The summed E-state index contributed by atoms with van der Waals surface area (Å²) >= 11 is 0. The summed E-state index contributed by atoms with van der Waals surface area (Å²) in [6, 6.07) is 0. The summed E-state index contributed by atoms with van der Waals surface area (Å²) in [6.07, 6.45) is 9.42. The lowest BCUT2D eigenvalue weighted by atomic mass is 9.82. The van der Waals surface area contributed by atoms with E-state index in [4.69, 9.17) is 4.74 Å². The van der Waals surface area contributed by atoms with Gasteiger partial charge in [-0.25, -0.2) is 0 Å². The van der Waals surface area contributed by atoms with Gasteiger partial charge in [-0.2, -0.15) is 0 Å². The van der Waals surface area contributed by atoms with E-state index < -0.39 is 0 Å². The Morgan fingerprint density at radius 3 is 2.42 bits per heavy atom. The maximum absolute atomic E-state index is 5.27. The van der Waals surface area contributed by atoms with E-state index in [2.05, 4.69) is 39.1 Å². The SMILES string of the molecule is COCC(C)/C=C(/CNC(C)(C)C)C1CCCCC1. The molecule has 1 aliphatic carbocycles. The highest BCUT2D eigenvalue weighted by atomic mass is 16.5. The normalized spacial score (nSPS) is 20.6. The Morgan fingerprint density at radius 2 is 1.89 bits per heavy atom. The van der Waals surface area contributed by atoms with Crippen molar-refractivity contribution in [2.75, 3.05) is 20.3 Å². The van der Waals surface area contributed by atoms with Gasteiger partial charge < -0.3 is 10.1 Å². The van der Waals surface area contributed by atoms with Crippen LogP contribution in [0.1, 0.15) is 59.8 Å². The monoisotopic (exact) mass is 267 g/mol. The van der Waals surface area contributed by atoms with Crippen molar-refractivity contribution in [1.29, 1.82) is 0 Å². The van der Waals surface area contributed by atoms with Gasteiger partial charge in [0.2, 0.25) is 0 Å². The molecule has 1 rings (SSSR count). The Bertz CT molecular complexity index is 271. The quantitative estimate of drug-likeness (QED) is 0.730. The number of nitrogens with one attached hydrogen (secondary N) is 1. The van der Waals surface area contributed by atoms with Gasteiger partial charge in [0.1, 0.15) is 0 Å². The van der Waals surface area contributed by atoms with Gasteiger partial charge in [-0.1, -0.05) is 37.8 Å². The average molecular weight is 267 g/mol. The van der Waals surface area contributed by atoms with Gasteiger partial charge in [0, 0.05) is 19.2 Å². The van der Waals surface area contributed by atoms with Crippen LogP contribution in [0.15, 0.2) is 11.6 Å². The Morgan fingerprint density at radius 1 is 1.26 bits per heavy atom. The first-order valence-electron chi connectivity index (χ1n) is 7.87. The molecule has 1 saturated carbocycles. The van der Waals surface area contributed by atoms with Gasteiger partial charge in [0.15, 0.2) is 0 Å². The molecule has 0 bridgehead atoms. The molecule has 19 heavy (non-hydrogen) atoms. The van der Waals surface area contributed by atoms with Crippen molar-refractivity contribution in [3.8, 4) is 0 Å². The minimum Gasteiger partial charge on any atom is -0.384 e. The second kappa shape index (κ2) is 8.06. The summed E-state index contributed by atoms with van der Waals surface area (Å²) in [4.78, 5) is 0. The predicted octanol–water partition coefficient (Wildman–Crippen LogP) is 4.16. The first kappa shape index (κ1) is 16.7. The van der Waals surface area contributed by atoms with E-state index in [1.165, 1.54) is 32.1 Å². The second-order valence-electron chi connectivity index (χ2n) is 7.11. The van der Waals surface area contributed by atoms with Crippen molar-refractivity contribution < 1.29 is 4.74 Å². The van der Waals surface area contributed by atoms with Crippen molar-refractivity contribution >= 4 is 0 Å². The van der Waals surface area contributed by atoms with Crippen LogP contribution in [0.4, 0.5) is 0 Å². The largest absolute Gasteiger partial charge is 0.384 e. The van der Waals surface area contributed by atoms with Crippen LogP contribution in [0.25, 0.3) is 0 Å². The second-order valence-corrected chi connectivity index (χ2v) is 7.11. The van der Waals surface area contributed by atoms with E-state index in [-0.39, 0.29) is 5.54 Å². The third-order valence-corrected chi connectivity index (χ3v) is 3.88. The van der Waals surface area contributed by atoms with Crippen molar-refractivity contribution in [1.82, 2.24) is 5.32 Å². The van der Waals surface area contributed by atoms with Gasteiger partial charge in [0.05, 0.1) is 6.61 Å². The number of hydrogen-bond acceptors (Lipinski definition) is 2. The molecule has 0 aromatic heterocycles. The Balaban J connectivity index is 2.65. The van der Waals surface area contributed by atoms with Crippen LogP contribution in [0, 0.1) is 11.8 Å². The first-order chi connectivity index (χ1) is 8.92. The summed E-state index contributed by atoms with van der Waals surface area (Å²) < 4.78 is 5.27. The fourth-order valence-electron chi connectivity index (χ4n) is 2.86. The standard InChI is InChI=1S/C17H33NO/c1-14(13-19-5)11-16(12-18-17(2,3)4)15-9-7-6-8-10-15/h11,14-15,18H,6-10,12-13H2,1-5H3/b16-11-. The zero-order valence-electron chi connectivity index (χ0n) is 13.6. The molecule has 0 saturated heterocycles. The number of rotatable bonds is 6. The fourth-order valence-corrected chi connectivity index (χ4v) is 2.86. The van der Waals surface area contributed by atoms with Gasteiger partial charge in [-0.15, -0.1) is 0 Å².